The van der Waals surface area contributed by atoms with E-state index in [1.807, 2.05) is 0 Å². The van der Waals surface area contributed by atoms with Gasteiger partial charge in [0.2, 0.25) is 0 Å². The van der Waals surface area contributed by atoms with E-state index < -0.39 is 0 Å². The number of nitrogens with zero attached hydrogens (tertiary/aromatic N) is 3. The number of halogens is 1. The van der Waals surface area contributed by atoms with Gasteiger partial charge in [0.15, 0.2) is 5.82 Å². The first-order valence-electron chi connectivity index (χ1n) is 5.69. The molecule has 0 radical (unpaired) electrons. The Balaban J connectivity index is 2.07. The van der Waals surface area contributed by atoms with Crippen LogP contribution in [-0.4, -0.2) is 19.9 Å². The predicted octanol–water partition coefficient (Wildman–Crippen LogP) is 2.78. The molecular weight excluding hydrogens is 245 g/mol. The molecule has 0 atom stereocenters. The van der Waals surface area contributed by atoms with E-state index in [2.05, 4.69) is 10.2 Å². The Hall–Kier alpha value is -2.69. The molecule has 0 unspecified atom stereocenters. The zero-order valence-corrected chi connectivity index (χ0v) is 9.86. The summed E-state index contributed by atoms with van der Waals surface area (Å²) in [7, 11) is 0. The minimum absolute atomic E-state index is 0.191. The molecule has 0 aliphatic carbocycles. The standard InChI is InChI=1S/C14H10FN3O/c15-11-3-5-12(6-4-11)18-9-16-17-14(18)10-1-7-13(19)8-2-10/h1-9,19H. The number of phenols is 1. The third-order valence-electron chi connectivity index (χ3n) is 2.78. The van der Waals surface area contributed by atoms with Gasteiger partial charge < -0.3 is 5.11 Å². The van der Waals surface area contributed by atoms with Crippen LogP contribution >= 0.6 is 0 Å². The molecular formula is C14H10FN3O. The molecule has 1 heterocycles. The highest BCUT2D eigenvalue weighted by atomic mass is 19.1. The van der Waals surface area contributed by atoms with E-state index in [1.165, 1.54) is 12.1 Å². The highest BCUT2D eigenvalue weighted by Gasteiger charge is 2.08. The van der Waals surface area contributed by atoms with Crippen molar-refractivity contribution in [3.8, 4) is 22.8 Å². The summed E-state index contributed by atoms with van der Waals surface area (Å²) in [6.45, 7) is 0. The Bertz CT molecular complexity index is 629. The molecule has 0 bridgehead atoms. The summed E-state index contributed by atoms with van der Waals surface area (Å²) in [6.07, 6.45) is 1.56. The minimum atomic E-state index is -0.289. The molecule has 2 aromatic carbocycles. The maximum atomic E-state index is 12.9. The lowest BCUT2D eigenvalue weighted by Gasteiger charge is -2.06. The van der Waals surface area contributed by atoms with Gasteiger partial charge in [-0.25, -0.2) is 4.39 Å². The van der Waals surface area contributed by atoms with Crippen molar-refractivity contribution >= 4 is 0 Å². The summed E-state index contributed by atoms with van der Waals surface area (Å²) >= 11 is 0. The van der Waals surface area contributed by atoms with Crippen LogP contribution in [0.5, 0.6) is 5.75 Å². The van der Waals surface area contributed by atoms with E-state index in [0.29, 0.717) is 5.82 Å². The van der Waals surface area contributed by atoms with Gasteiger partial charge in [-0.3, -0.25) is 4.57 Å². The smallest absolute Gasteiger partial charge is 0.168 e. The Morgan fingerprint density at radius 2 is 1.63 bits per heavy atom. The third kappa shape index (κ3) is 2.18. The second kappa shape index (κ2) is 4.53. The van der Waals surface area contributed by atoms with Crippen LogP contribution in [0.4, 0.5) is 4.39 Å². The second-order valence-electron chi connectivity index (χ2n) is 4.05. The van der Waals surface area contributed by atoms with Gasteiger partial charge >= 0.3 is 0 Å². The molecule has 0 aliphatic rings. The normalized spacial score (nSPS) is 10.6. The molecule has 0 spiro atoms. The fraction of sp³-hybridized carbons (Fsp3) is 0. The van der Waals surface area contributed by atoms with Crippen LogP contribution in [0.1, 0.15) is 0 Å². The topological polar surface area (TPSA) is 50.9 Å². The first-order valence-corrected chi connectivity index (χ1v) is 5.69. The van der Waals surface area contributed by atoms with E-state index in [1.54, 1.807) is 47.3 Å². The van der Waals surface area contributed by atoms with E-state index in [0.717, 1.165) is 11.3 Å². The summed E-state index contributed by atoms with van der Waals surface area (Å²) in [6, 6.07) is 12.7. The maximum Gasteiger partial charge on any atom is 0.168 e. The molecule has 4 nitrogen and oxygen atoms in total. The molecule has 0 saturated heterocycles. The number of hydrogen-bond donors (Lipinski definition) is 1. The van der Waals surface area contributed by atoms with Crippen LogP contribution in [0.25, 0.3) is 17.1 Å². The zero-order valence-electron chi connectivity index (χ0n) is 9.86. The maximum absolute atomic E-state index is 12.9. The van der Waals surface area contributed by atoms with Crippen LogP contribution in [0.2, 0.25) is 0 Å². The SMILES string of the molecule is Oc1ccc(-c2nncn2-c2ccc(F)cc2)cc1. The molecule has 1 aromatic heterocycles. The van der Waals surface area contributed by atoms with Gasteiger partial charge in [0.25, 0.3) is 0 Å². The Morgan fingerprint density at radius 3 is 2.32 bits per heavy atom. The van der Waals surface area contributed by atoms with Crippen LogP contribution in [0.3, 0.4) is 0 Å². The van der Waals surface area contributed by atoms with E-state index in [4.69, 9.17) is 0 Å². The van der Waals surface area contributed by atoms with E-state index in [9.17, 15) is 9.50 Å². The summed E-state index contributed by atoms with van der Waals surface area (Å²) < 4.78 is 14.7. The van der Waals surface area contributed by atoms with Gasteiger partial charge in [0.1, 0.15) is 17.9 Å². The second-order valence-corrected chi connectivity index (χ2v) is 4.05. The first kappa shape index (κ1) is 11.4. The number of benzene rings is 2. The van der Waals surface area contributed by atoms with Crippen LogP contribution in [0.15, 0.2) is 54.9 Å². The van der Waals surface area contributed by atoms with Crippen molar-refractivity contribution in [3.63, 3.8) is 0 Å². The van der Waals surface area contributed by atoms with Crippen molar-refractivity contribution in [2.45, 2.75) is 0 Å². The Morgan fingerprint density at radius 1 is 0.947 bits per heavy atom. The predicted molar refractivity (Wildman–Crippen MR) is 68.4 cm³/mol. The molecule has 1 N–H and O–H groups in total. The van der Waals surface area contributed by atoms with E-state index in [-0.39, 0.29) is 11.6 Å². The summed E-state index contributed by atoms with van der Waals surface area (Å²) in [5.74, 6) is 0.534. The quantitative estimate of drug-likeness (QED) is 0.766. The lowest BCUT2D eigenvalue weighted by molar-refractivity contribution is 0.475. The fourth-order valence-corrected chi connectivity index (χ4v) is 1.83. The first-order chi connectivity index (χ1) is 9.24. The molecule has 3 rings (SSSR count). The van der Waals surface area contributed by atoms with Gasteiger partial charge in [-0.1, -0.05) is 0 Å². The van der Waals surface area contributed by atoms with Gasteiger partial charge in [-0.15, -0.1) is 10.2 Å². The monoisotopic (exact) mass is 255 g/mol. The van der Waals surface area contributed by atoms with Crippen molar-refractivity contribution in [1.82, 2.24) is 14.8 Å². The lowest BCUT2D eigenvalue weighted by atomic mass is 10.2. The summed E-state index contributed by atoms with van der Waals surface area (Å²) in [5.41, 5.74) is 1.59. The number of aromatic nitrogens is 3. The number of rotatable bonds is 2. The Kier molecular flexibility index (Phi) is 2.72. The van der Waals surface area contributed by atoms with Gasteiger partial charge in [-0.2, -0.15) is 0 Å². The number of hydrogen-bond acceptors (Lipinski definition) is 3. The number of aromatic hydroxyl groups is 1. The Labute approximate surface area is 108 Å². The van der Waals surface area contributed by atoms with Crippen molar-refractivity contribution in [1.29, 1.82) is 0 Å². The highest BCUT2D eigenvalue weighted by Crippen LogP contribution is 2.22. The molecule has 94 valence electrons. The molecule has 0 fully saturated rings. The summed E-state index contributed by atoms with van der Waals surface area (Å²) in [4.78, 5) is 0. The average Bonchev–Trinajstić information content (AvgIpc) is 2.90. The largest absolute Gasteiger partial charge is 0.508 e. The molecule has 19 heavy (non-hydrogen) atoms. The molecule has 0 aliphatic heterocycles. The number of phenolic OH excluding ortho intramolecular Hbond substituents is 1. The molecule has 5 heteroatoms. The van der Waals surface area contributed by atoms with E-state index >= 15 is 0 Å². The third-order valence-corrected chi connectivity index (χ3v) is 2.78. The zero-order chi connectivity index (χ0) is 13.2. The lowest BCUT2D eigenvalue weighted by Crippen LogP contribution is -1.96. The van der Waals surface area contributed by atoms with Crippen molar-refractivity contribution in [2.75, 3.05) is 0 Å². The van der Waals surface area contributed by atoms with Crippen LogP contribution in [0, 0.1) is 5.82 Å². The fourth-order valence-electron chi connectivity index (χ4n) is 1.83. The summed E-state index contributed by atoms with van der Waals surface area (Å²) in [5, 5.41) is 17.2. The van der Waals surface area contributed by atoms with Gasteiger partial charge in [-0.05, 0) is 48.5 Å². The van der Waals surface area contributed by atoms with Crippen molar-refractivity contribution in [2.24, 2.45) is 0 Å². The van der Waals surface area contributed by atoms with Crippen LogP contribution < -0.4 is 0 Å². The van der Waals surface area contributed by atoms with Gasteiger partial charge in [0.05, 0.1) is 0 Å². The van der Waals surface area contributed by atoms with Crippen molar-refractivity contribution < 1.29 is 9.50 Å². The molecule has 0 amide bonds. The average molecular weight is 255 g/mol. The van der Waals surface area contributed by atoms with Gasteiger partial charge in [0, 0.05) is 11.3 Å². The highest BCUT2D eigenvalue weighted by molar-refractivity contribution is 5.58. The molecule has 0 saturated carbocycles. The van der Waals surface area contributed by atoms with Crippen LogP contribution in [-0.2, 0) is 0 Å². The molecule has 3 aromatic rings. The van der Waals surface area contributed by atoms with Crippen molar-refractivity contribution in [3.05, 3.63) is 60.7 Å². The minimum Gasteiger partial charge on any atom is -0.508 e.